The molecule has 4 rings (SSSR count). The lowest BCUT2D eigenvalue weighted by molar-refractivity contribution is -0.128. The van der Waals surface area contributed by atoms with E-state index >= 15 is 4.39 Å². The summed E-state index contributed by atoms with van der Waals surface area (Å²) < 4.78 is 26.1. The third kappa shape index (κ3) is 7.52. The Balaban J connectivity index is 1.30. The molecule has 2 heterocycles. The van der Waals surface area contributed by atoms with Crippen LogP contribution in [-0.2, 0) is 20.7 Å². The van der Waals surface area contributed by atoms with Crippen LogP contribution in [0.3, 0.4) is 0 Å². The van der Waals surface area contributed by atoms with E-state index in [1.165, 1.54) is 0 Å². The molecule has 2 bridgehead atoms. The molecule has 3 aliphatic rings. The number of nitriles is 1. The Morgan fingerprint density at radius 3 is 2.60 bits per heavy atom. The molecule has 1 aliphatic carbocycles. The topological polar surface area (TPSA) is 94.9 Å². The van der Waals surface area contributed by atoms with Gasteiger partial charge in [-0.05, 0) is 115 Å². The number of aryl methyl sites for hydroxylation is 1. The summed E-state index contributed by atoms with van der Waals surface area (Å²) in [5, 5.41) is 12.6. The monoisotopic (exact) mass is 556 g/mol. The molecule has 0 aromatic heterocycles. The van der Waals surface area contributed by atoms with E-state index in [1.807, 2.05) is 19.1 Å². The number of likely N-dealkylation sites (tertiary alicyclic amines) is 2. The highest BCUT2D eigenvalue weighted by Crippen LogP contribution is 2.43. The lowest BCUT2D eigenvalue weighted by Crippen LogP contribution is -2.55. The molecule has 40 heavy (non-hydrogen) atoms. The van der Waals surface area contributed by atoms with Gasteiger partial charge < -0.3 is 19.7 Å². The fourth-order valence-corrected chi connectivity index (χ4v) is 6.48. The van der Waals surface area contributed by atoms with Crippen molar-refractivity contribution in [2.75, 3.05) is 32.8 Å². The fourth-order valence-electron chi connectivity index (χ4n) is 6.48. The molecule has 4 unspecified atom stereocenters. The van der Waals surface area contributed by atoms with Gasteiger partial charge in [0.25, 0.3) is 0 Å². The van der Waals surface area contributed by atoms with E-state index in [2.05, 4.69) is 16.3 Å². The lowest BCUT2D eigenvalue weighted by Gasteiger charge is -2.35. The molecule has 0 radical (unpaired) electrons. The van der Waals surface area contributed by atoms with Crippen LogP contribution in [0.1, 0.15) is 83.3 Å². The van der Waals surface area contributed by atoms with Gasteiger partial charge in [-0.3, -0.25) is 9.69 Å². The van der Waals surface area contributed by atoms with E-state index in [-0.39, 0.29) is 23.7 Å². The number of amides is 2. The average molecular weight is 557 g/mol. The highest BCUT2D eigenvalue weighted by Gasteiger charge is 2.52. The Kier molecular flexibility index (Phi) is 10.1. The predicted octanol–water partition coefficient (Wildman–Crippen LogP) is 4.77. The van der Waals surface area contributed by atoms with Crippen LogP contribution in [-0.4, -0.2) is 78.4 Å². The van der Waals surface area contributed by atoms with Gasteiger partial charge in [0.15, 0.2) is 0 Å². The van der Waals surface area contributed by atoms with E-state index in [0.29, 0.717) is 24.3 Å². The Labute approximate surface area is 238 Å². The van der Waals surface area contributed by atoms with Gasteiger partial charge in [0, 0.05) is 19.2 Å². The molecule has 9 heteroatoms. The molecule has 0 spiro atoms. The summed E-state index contributed by atoms with van der Waals surface area (Å²) in [6.45, 7) is 11.8. The minimum Gasteiger partial charge on any atom is -0.444 e. The first-order chi connectivity index (χ1) is 19.1. The van der Waals surface area contributed by atoms with Crippen molar-refractivity contribution in [2.45, 2.75) is 102 Å². The molecular weight excluding hydrogens is 511 g/mol. The summed E-state index contributed by atoms with van der Waals surface area (Å²) in [7, 11) is 0. The van der Waals surface area contributed by atoms with E-state index < -0.39 is 23.8 Å². The molecule has 1 saturated carbocycles. The van der Waals surface area contributed by atoms with E-state index in [9.17, 15) is 14.9 Å². The number of fused-ring (bicyclic) bond motifs is 2. The zero-order valence-corrected chi connectivity index (χ0v) is 24.5. The zero-order chi connectivity index (χ0) is 28.9. The number of rotatable bonds is 10. The minimum absolute atomic E-state index is 0.00828. The van der Waals surface area contributed by atoms with Crippen molar-refractivity contribution >= 4 is 12.0 Å². The summed E-state index contributed by atoms with van der Waals surface area (Å²) in [5.74, 6) is -0.178. The van der Waals surface area contributed by atoms with Crippen molar-refractivity contribution in [1.82, 2.24) is 15.1 Å². The standard InChI is InChI=1S/C31H45FN4O4/c1-5-39-17-16-35-14-12-21(13-15-35)23-7-6-22(27(32)19-23)8-10-25(20-33)34-29(37)28-24-9-11-26(18-24)36(28)30(38)40-31(2,3)4/h6-7,19,21,24-26,28H,5,8-18H2,1-4H3,(H,34,37). The zero-order valence-electron chi connectivity index (χ0n) is 24.5. The molecule has 1 N–H and O–H groups in total. The van der Waals surface area contributed by atoms with Gasteiger partial charge in [-0.15, -0.1) is 0 Å². The molecule has 2 saturated heterocycles. The Morgan fingerprint density at radius 1 is 1.20 bits per heavy atom. The number of halogens is 1. The summed E-state index contributed by atoms with van der Waals surface area (Å²) in [6.07, 6.45) is 4.66. The van der Waals surface area contributed by atoms with Crippen molar-refractivity contribution < 1.29 is 23.5 Å². The summed E-state index contributed by atoms with van der Waals surface area (Å²) >= 11 is 0. The van der Waals surface area contributed by atoms with Crippen molar-refractivity contribution in [1.29, 1.82) is 5.26 Å². The second kappa shape index (κ2) is 13.3. The molecule has 1 aromatic rings. The molecule has 2 aliphatic heterocycles. The number of hydrogen-bond donors (Lipinski definition) is 1. The fraction of sp³-hybridized carbons (Fsp3) is 0.710. The number of hydrogen-bond acceptors (Lipinski definition) is 6. The van der Waals surface area contributed by atoms with Crippen LogP contribution in [0.25, 0.3) is 0 Å². The van der Waals surface area contributed by atoms with Crippen LogP contribution in [0.2, 0.25) is 0 Å². The van der Waals surface area contributed by atoms with E-state index in [4.69, 9.17) is 9.47 Å². The van der Waals surface area contributed by atoms with Crippen molar-refractivity contribution in [3.63, 3.8) is 0 Å². The SMILES string of the molecule is CCOCCN1CCC(c2ccc(CCC(C#N)NC(=O)C3C4CCC(C4)N3C(=O)OC(C)(C)C)c(F)c2)CC1. The molecule has 4 atom stereocenters. The number of ether oxygens (including phenoxy) is 2. The first-order valence-electron chi connectivity index (χ1n) is 14.9. The molecule has 2 amide bonds. The van der Waals surface area contributed by atoms with Gasteiger partial charge in [0.05, 0.1) is 12.7 Å². The Bertz CT molecular complexity index is 1080. The highest BCUT2D eigenvalue weighted by molar-refractivity contribution is 5.87. The number of piperidine rings is 2. The van der Waals surface area contributed by atoms with Crippen molar-refractivity contribution in [3.05, 3.63) is 35.1 Å². The molecule has 1 aromatic carbocycles. The number of nitrogens with zero attached hydrogens (tertiary/aromatic N) is 3. The van der Waals surface area contributed by atoms with Gasteiger partial charge in [0.2, 0.25) is 5.91 Å². The van der Waals surface area contributed by atoms with Crippen LogP contribution < -0.4 is 5.32 Å². The van der Waals surface area contributed by atoms with Crippen LogP contribution in [0.15, 0.2) is 18.2 Å². The molecular formula is C31H45FN4O4. The van der Waals surface area contributed by atoms with Crippen LogP contribution in [0, 0.1) is 23.1 Å². The van der Waals surface area contributed by atoms with Gasteiger partial charge >= 0.3 is 6.09 Å². The van der Waals surface area contributed by atoms with Gasteiger partial charge in [-0.2, -0.15) is 5.26 Å². The predicted molar refractivity (Wildman–Crippen MR) is 150 cm³/mol. The normalized spacial score (nSPS) is 24.1. The number of nitrogens with one attached hydrogen (secondary N) is 1. The Morgan fingerprint density at radius 2 is 1.95 bits per heavy atom. The van der Waals surface area contributed by atoms with Gasteiger partial charge in [-0.1, -0.05) is 12.1 Å². The first-order valence-corrected chi connectivity index (χ1v) is 14.9. The van der Waals surface area contributed by atoms with E-state index in [0.717, 1.165) is 70.5 Å². The second-order valence-electron chi connectivity index (χ2n) is 12.5. The average Bonchev–Trinajstić information content (AvgIpc) is 3.53. The molecule has 3 fully saturated rings. The highest BCUT2D eigenvalue weighted by atomic mass is 19.1. The third-order valence-corrected chi connectivity index (χ3v) is 8.52. The van der Waals surface area contributed by atoms with Gasteiger partial charge in [-0.25, -0.2) is 9.18 Å². The smallest absolute Gasteiger partial charge is 0.411 e. The van der Waals surface area contributed by atoms with Crippen LogP contribution in [0.4, 0.5) is 9.18 Å². The van der Waals surface area contributed by atoms with Crippen LogP contribution in [0.5, 0.6) is 0 Å². The quantitative estimate of drug-likeness (QED) is 0.417. The van der Waals surface area contributed by atoms with E-state index in [1.54, 1.807) is 31.7 Å². The lowest BCUT2D eigenvalue weighted by atomic mass is 9.88. The van der Waals surface area contributed by atoms with Crippen molar-refractivity contribution in [2.24, 2.45) is 5.92 Å². The van der Waals surface area contributed by atoms with Gasteiger partial charge in [0.1, 0.15) is 23.5 Å². The third-order valence-electron chi connectivity index (χ3n) is 8.52. The molecule has 220 valence electrons. The minimum atomic E-state index is -0.771. The summed E-state index contributed by atoms with van der Waals surface area (Å²) in [5.41, 5.74) is 0.910. The largest absolute Gasteiger partial charge is 0.444 e. The number of benzene rings is 1. The number of carbonyl (C=O) groups excluding carboxylic acids is 2. The molecule has 8 nitrogen and oxygen atoms in total. The maximum absolute atomic E-state index is 15.1. The number of carbonyl (C=O) groups is 2. The maximum atomic E-state index is 15.1. The summed E-state index contributed by atoms with van der Waals surface area (Å²) in [4.78, 5) is 30.1. The maximum Gasteiger partial charge on any atom is 0.411 e. The second-order valence-corrected chi connectivity index (χ2v) is 12.5. The summed E-state index contributed by atoms with van der Waals surface area (Å²) in [6, 6.07) is 6.21. The van der Waals surface area contributed by atoms with Crippen molar-refractivity contribution in [3.8, 4) is 6.07 Å². The first kappa shape index (κ1) is 30.3. The van der Waals surface area contributed by atoms with Crippen LogP contribution >= 0.6 is 0 Å². The Hall–Kier alpha value is -2.70.